The fourth-order valence-corrected chi connectivity index (χ4v) is 3.35. The van der Waals surface area contributed by atoms with Gasteiger partial charge in [0.1, 0.15) is 5.57 Å². The Morgan fingerprint density at radius 1 is 1.20 bits per heavy atom. The number of benzene rings is 1. The first kappa shape index (κ1) is 17.4. The summed E-state index contributed by atoms with van der Waals surface area (Å²) in [5, 5.41) is 2.65. The summed E-state index contributed by atoms with van der Waals surface area (Å²) in [6, 6.07) is 5.96. The van der Waals surface area contributed by atoms with Crippen molar-refractivity contribution in [2.24, 2.45) is 0 Å². The van der Waals surface area contributed by atoms with Crippen molar-refractivity contribution in [2.75, 3.05) is 19.0 Å². The summed E-state index contributed by atoms with van der Waals surface area (Å²) >= 11 is 4.96. The fraction of sp³-hybridized carbons (Fsp3) is 0.316. The largest absolute Gasteiger partial charge is 0.366 e. The predicted molar refractivity (Wildman–Crippen MR) is 104 cm³/mol. The lowest BCUT2D eigenvalue weighted by atomic mass is 9.88. The summed E-state index contributed by atoms with van der Waals surface area (Å²) in [5.74, 6) is -0.853. The minimum absolute atomic E-state index is 0.0608. The molecule has 0 radical (unpaired) electrons. The molecule has 3 rings (SSSR count). The summed E-state index contributed by atoms with van der Waals surface area (Å²) in [6.07, 6.45) is 3.83. The van der Waals surface area contributed by atoms with Crippen molar-refractivity contribution in [3.8, 4) is 0 Å². The molecule has 0 spiro atoms. The van der Waals surface area contributed by atoms with E-state index >= 15 is 0 Å². The molecule has 1 fully saturated rings. The molecule has 2 heterocycles. The predicted octanol–water partition coefficient (Wildman–Crippen LogP) is 2.57. The van der Waals surface area contributed by atoms with Gasteiger partial charge in [0.2, 0.25) is 0 Å². The monoisotopic (exact) mass is 355 g/mol. The van der Waals surface area contributed by atoms with E-state index in [9.17, 15) is 9.59 Å². The maximum absolute atomic E-state index is 12.3. The van der Waals surface area contributed by atoms with Crippen molar-refractivity contribution in [3.63, 3.8) is 0 Å². The summed E-state index contributed by atoms with van der Waals surface area (Å²) in [4.78, 5) is 27.9. The molecule has 1 saturated heterocycles. The average Bonchev–Trinajstić information content (AvgIpc) is 2.54. The number of thiocarbonyl (C=S) groups is 1. The van der Waals surface area contributed by atoms with E-state index in [-0.39, 0.29) is 16.2 Å². The maximum Gasteiger partial charge on any atom is 0.265 e. The smallest absolute Gasteiger partial charge is 0.265 e. The molecule has 2 amide bonds. The van der Waals surface area contributed by atoms with Gasteiger partial charge in [-0.3, -0.25) is 19.8 Å². The fourth-order valence-electron chi connectivity index (χ4n) is 3.18. The van der Waals surface area contributed by atoms with Gasteiger partial charge in [-0.2, -0.15) is 0 Å². The third kappa shape index (κ3) is 2.87. The number of carbonyl (C=O) groups excluding carboxylic acids is 2. The van der Waals surface area contributed by atoms with E-state index in [2.05, 4.69) is 44.1 Å². The van der Waals surface area contributed by atoms with E-state index < -0.39 is 11.8 Å². The highest BCUT2D eigenvalue weighted by molar-refractivity contribution is 7.80. The molecular weight excluding hydrogens is 334 g/mol. The lowest BCUT2D eigenvalue weighted by Gasteiger charge is -2.40. The van der Waals surface area contributed by atoms with Gasteiger partial charge < -0.3 is 4.90 Å². The van der Waals surface area contributed by atoms with Crippen LogP contribution in [0.4, 0.5) is 5.69 Å². The Labute approximate surface area is 153 Å². The molecule has 0 saturated carbocycles. The van der Waals surface area contributed by atoms with Gasteiger partial charge in [0.05, 0.1) is 5.54 Å². The van der Waals surface area contributed by atoms with Gasteiger partial charge in [-0.15, -0.1) is 0 Å². The van der Waals surface area contributed by atoms with Crippen LogP contribution in [-0.4, -0.2) is 41.5 Å². The zero-order chi connectivity index (χ0) is 18.5. The van der Waals surface area contributed by atoms with Crippen LogP contribution in [0.2, 0.25) is 0 Å². The maximum atomic E-state index is 12.3. The number of carbonyl (C=O) groups is 2. The molecule has 5 nitrogen and oxygen atoms in total. The number of hydrogen-bond donors (Lipinski definition) is 1. The number of anilines is 1. The number of nitrogens with zero attached hydrogens (tertiary/aromatic N) is 2. The van der Waals surface area contributed by atoms with Crippen molar-refractivity contribution in [2.45, 2.75) is 26.3 Å². The second-order valence-corrected chi connectivity index (χ2v) is 7.38. The number of hydrogen-bond acceptors (Lipinski definition) is 4. The molecule has 1 N–H and O–H groups in total. The number of fused-ring (bicyclic) bond motifs is 1. The van der Waals surface area contributed by atoms with Gasteiger partial charge in [0, 0.05) is 25.3 Å². The van der Waals surface area contributed by atoms with E-state index in [1.54, 1.807) is 13.1 Å². The summed E-state index contributed by atoms with van der Waals surface area (Å²) in [7, 11) is 3.61. The Morgan fingerprint density at radius 3 is 2.56 bits per heavy atom. The van der Waals surface area contributed by atoms with Gasteiger partial charge >= 0.3 is 0 Å². The van der Waals surface area contributed by atoms with Crippen LogP contribution in [0.3, 0.4) is 0 Å². The van der Waals surface area contributed by atoms with E-state index in [1.807, 2.05) is 18.2 Å². The molecule has 2 aliphatic rings. The lowest BCUT2D eigenvalue weighted by Crippen LogP contribution is -2.52. The second kappa shape index (κ2) is 5.81. The summed E-state index contributed by atoms with van der Waals surface area (Å²) in [5.41, 5.74) is 4.24. The molecule has 25 heavy (non-hydrogen) atoms. The number of allylic oxidation sites excluding steroid dienone is 1. The molecule has 0 aromatic heterocycles. The molecule has 2 aliphatic heterocycles. The van der Waals surface area contributed by atoms with E-state index in [1.165, 1.54) is 10.5 Å². The molecule has 6 heteroatoms. The van der Waals surface area contributed by atoms with Crippen LogP contribution in [0, 0.1) is 0 Å². The molecule has 0 unspecified atom stereocenters. The average molecular weight is 355 g/mol. The number of likely N-dealkylation sites (N-methyl/N-ethyl adjacent to an activating group) is 2. The zero-order valence-corrected chi connectivity index (χ0v) is 15.8. The zero-order valence-electron chi connectivity index (χ0n) is 15.0. The van der Waals surface area contributed by atoms with Crippen LogP contribution >= 0.6 is 12.2 Å². The molecule has 0 bridgehead atoms. The second-order valence-electron chi connectivity index (χ2n) is 7.00. The Kier molecular flexibility index (Phi) is 4.03. The number of rotatable bonds is 1. The highest BCUT2D eigenvalue weighted by atomic mass is 32.1. The minimum atomic E-state index is -0.462. The van der Waals surface area contributed by atoms with Gasteiger partial charge in [-0.25, -0.2) is 0 Å². The minimum Gasteiger partial charge on any atom is -0.366 e. The molecule has 130 valence electrons. The standard InChI is InChI=1S/C19H21N3O2S/c1-11-10-19(2,3)22(5)15-7-6-12(8-13(11)15)9-14-16(23)20-18(25)21(4)17(14)24/h6-10H,1-5H3,(H,20,23,25)/b14-9+. The Hall–Kier alpha value is -2.47. The van der Waals surface area contributed by atoms with Gasteiger partial charge in [0.25, 0.3) is 11.8 Å². The van der Waals surface area contributed by atoms with E-state index in [0.29, 0.717) is 0 Å². The summed E-state index contributed by atoms with van der Waals surface area (Å²) < 4.78 is 0. The molecule has 1 aromatic carbocycles. The van der Waals surface area contributed by atoms with Gasteiger partial charge in [-0.05, 0) is 62.3 Å². The van der Waals surface area contributed by atoms with Crippen LogP contribution in [0.25, 0.3) is 11.6 Å². The highest BCUT2D eigenvalue weighted by Gasteiger charge is 2.31. The van der Waals surface area contributed by atoms with Crippen LogP contribution in [0.15, 0.2) is 29.8 Å². The topological polar surface area (TPSA) is 52.7 Å². The van der Waals surface area contributed by atoms with Crippen LogP contribution in [0.1, 0.15) is 31.9 Å². The van der Waals surface area contributed by atoms with Crippen molar-refractivity contribution >= 4 is 46.5 Å². The van der Waals surface area contributed by atoms with Crippen LogP contribution in [0.5, 0.6) is 0 Å². The quantitative estimate of drug-likeness (QED) is 0.478. The van der Waals surface area contributed by atoms with Crippen molar-refractivity contribution < 1.29 is 9.59 Å². The first-order valence-corrected chi connectivity index (χ1v) is 8.45. The van der Waals surface area contributed by atoms with Crippen molar-refractivity contribution in [1.29, 1.82) is 0 Å². The molecular formula is C19H21N3O2S. The third-order valence-electron chi connectivity index (χ3n) is 4.86. The SMILES string of the molecule is CC1=CC(C)(C)N(C)c2ccc(/C=C3\C(=O)NC(=S)N(C)C3=O)cc21. The lowest BCUT2D eigenvalue weighted by molar-refractivity contribution is -0.128. The Morgan fingerprint density at radius 2 is 1.88 bits per heavy atom. The Balaban J connectivity index is 2.04. The third-order valence-corrected chi connectivity index (χ3v) is 5.23. The molecule has 0 aliphatic carbocycles. The van der Waals surface area contributed by atoms with Crippen molar-refractivity contribution in [1.82, 2.24) is 10.2 Å². The van der Waals surface area contributed by atoms with E-state index in [4.69, 9.17) is 12.2 Å². The molecule has 0 atom stereocenters. The van der Waals surface area contributed by atoms with Gasteiger partial charge in [0.15, 0.2) is 5.11 Å². The number of amides is 2. The van der Waals surface area contributed by atoms with E-state index in [0.717, 1.165) is 16.8 Å². The van der Waals surface area contributed by atoms with Crippen molar-refractivity contribution in [3.05, 3.63) is 41.0 Å². The first-order chi connectivity index (χ1) is 11.6. The number of nitrogens with one attached hydrogen (secondary N) is 1. The van der Waals surface area contributed by atoms with Crippen LogP contribution in [-0.2, 0) is 9.59 Å². The van der Waals surface area contributed by atoms with Gasteiger partial charge in [-0.1, -0.05) is 12.1 Å². The summed E-state index contributed by atoms with van der Waals surface area (Å²) in [6.45, 7) is 6.41. The first-order valence-electron chi connectivity index (χ1n) is 8.04. The highest BCUT2D eigenvalue weighted by Crippen LogP contribution is 2.38. The Bertz CT molecular complexity index is 867. The molecule has 1 aromatic rings. The van der Waals surface area contributed by atoms with Crippen LogP contribution < -0.4 is 10.2 Å². The normalized spacial score (nSPS) is 21.2.